The fourth-order valence-electron chi connectivity index (χ4n) is 3.64. The maximum atomic E-state index is 13.0. The lowest BCUT2D eigenvalue weighted by atomic mass is 9.99. The average molecular weight is 589 g/mol. The Bertz CT molecular complexity index is 1380. The lowest BCUT2D eigenvalue weighted by Gasteiger charge is -2.18. The minimum Gasteiger partial charge on any atom is -0.507 e. The molecule has 43 heavy (non-hydrogen) atoms. The Balaban J connectivity index is 1.89. The number of aromatic hydroxyl groups is 1. The van der Waals surface area contributed by atoms with Crippen molar-refractivity contribution in [1.82, 2.24) is 0 Å². The topological polar surface area (TPSA) is 153 Å². The van der Waals surface area contributed by atoms with Crippen LogP contribution in [0, 0.1) is 22.7 Å². The van der Waals surface area contributed by atoms with Crippen LogP contribution in [0.4, 0.5) is 0 Å². The van der Waals surface area contributed by atoms with Gasteiger partial charge in [0.15, 0.2) is 16.9 Å². The summed E-state index contributed by atoms with van der Waals surface area (Å²) in [6.07, 6.45) is 2.13. The van der Waals surface area contributed by atoms with Gasteiger partial charge in [0, 0.05) is 11.6 Å². The quantitative estimate of drug-likeness (QED) is 0.134. The number of nitrogens with zero attached hydrogens (tertiary/aromatic N) is 6. The van der Waals surface area contributed by atoms with Crippen molar-refractivity contribution >= 4 is 5.78 Å². The molecule has 2 aromatic carbocycles. The van der Waals surface area contributed by atoms with E-state index >= 15 is 0 Å². The first-order valence-corrected chi connectivity index (χ1v) is 14.4. The molecule has 10 nitrogen and oxygen atoms in total. The van der Waals surface area contributed by atoms with Crippen LogP contribution in [0.5, 0.6) is 17.2 Å². The Kier molecular flexibility index (Phi) is 12.0. The molecule has 0 amide bonds. The van der Waals surface area contributed by atoms with Gasteiger partial charge in [0.05, 0.1) is 42.0 Å². The number of carbonyl (C=O) groups excluding carboxylic acids is 1. The summed E-state index contributed by atoms with van der Waals surface area (Å²) < 4.78 is 11.5. The smallest absolute Gasteiger partial charge is 0.196 e. The van der Waals surface area contributed by atoms with Crippen molar-refractivity contribution in [2.24, 2.45) is 20.5 Å². The van der Waals surface area contributed by atoms with Gasteiger partial charge in [0.1, 0.15) is 17.2 Å². The average Bonchev–Trinajstić information content (AvgIpc) is 2.95. The number of ketones is 1. The molecule has 2 aromatic rings. The first-order chi connectivity index (χ1) is 20.0. The Morgan fingerprint density at radius 2 is 1.16 bits per heavy atom. The highest BCUT2D eigenvalue weighted by atomic mass is 16.5. The van der Waals surface area contributed by atoms with Crippen molar-refractivity contribution in [2.45, 2.75) is 103 Å². The van der Waals surface area contributed by atoms with Gasteiger partial charge in [0.25, 0.3) is 0 Å². The van der Waals surface area contributed by atoms with Gasteiger partial charge in [-0.1, -0.05) is 0 Å². The minimum absolute atomic E-state index is 0.154. The molecule has 0 heterocycles. The molecule has 0 spiro atoms. The highest BCUT2D eigenvalue weighted by Gasteiger charge is 2.25. The number of rotatable bonds is 14. The Morgan fingerprint density at radius 3 is 1.58 bits per heavy atom. The molecule has 1 N–H and O–H groups in total. The SMILES string of the molecule is CC(C)(C)N=NC(C)(C#N)CCCOc1ccc(C(=O)c2ccc(OCCCC(C)(C#N)N=NC(C)(C)C)cc2O)cc1. The van der Waals surface area contributed by atoms with Crippen molar-refractivity contribution in [2.75, 3.05) is 13.2 Å². The van der Waals surface area contributed by atoms with E-state index in [1.54, 1.807) is 44.2 Å². The van der Waals surface area contributed by atoms with Gasteiger partial charge in [-0.3, -0.25) is 4.79 Å². The third-order valence-corrected chi connectivity index (χ3v) is 6.11. The van der Waals surface area contributed by atoms with Crippen molar-refractivity contribution in [3.63, 3.8) is 0 Å². The Hall–Kier alpha value is -4.31. The fourth-order valence-corrected chi connectivity index (χ4v) is 3.64. The van der Waals surface area contributed by atoms with Crippen molar-refractivity contribution in [3.8, 4) is 29.4 Å². The van der Waals surface area contributed by atoms with E-state index < -0.39 is 11.1 Å². The second kappa shape index (κ2) is 14.7. The van der Waals surface area contributed by atoms with E-state index in [0.29, 0.717) is 56.0 Å². The summed E-state index contributed by atoms with van der Waals surface area (Å²) in [5.41, 5.74) is -2.00. The van der Waals surface area contributed by atoms with Crippen LogP contribution in [-0.4, -0.2) is 46.3 Å². The molecule has 0 aliphatic rings. The van der Waals surface area contributed by atoms with E-state index in [-0.39, 0.29) is 28.2 Å². The fraction of sp³-hybridized carbons (Fsp3) is 0.545. The van der Waals surface area contributed by atoms with E-state index in [1.807, 2.05) is 41.5 Å². The van der Waals surface area contributed by atoms with Gasteiger partial charge in [-0.05, 0) is 117 Å². The van der Waals surface area contributed by atoms with E-state index in [2.05, 4.69) is 32.6 Å². The van der Waals surface area contributed by atoms with Crippen molar-refractivity contribution < 1.29 is 19.4 Å². The number of phenolic OH excluding ortho intramolecular Hbond substituents is 1. The number of benzene rings is 2. The lowest BCUT2D eigenvalue weighted by Crippen LogP contribution is -2.21. The zero-order valence-electron chi connectivity index (χ0n) is 26.6. The second-order valence-electron chi connectivity index (χ2n) is 12.9. The number of phenols is 1. The highest BCUT2D eigenvalue weighted by Crippen LogP contribution is 2.28. The van der Waals surface area contributed by atoms with E-state index in [9.17, 15) is 20.4 Å². The van der Waals surface area contributed by atoms with E-state index in [4.69, 9.17) is 9.47 Å². The molecule has 0 aliphatic heterocycles. The van der Waals surface area contributed by atoms with Gasteiger partial charge in [-0.2, -0.15) is 31.0 Å². The maximum Gasteiger partial charge on any atom is 0.196 e. The van der Waals surface area contributed by atoms with Crippen LogP contribution >= 0.6 is 0 Å². The zero-order valence-corrected chi connectivity index (χ0v) is 26.6. The molecule has 2 unspecified atom stereocenters. The van der Waals surface area contributed by atoms with Crippen LogP contribution in [0.2, 0.25) is 0 Å². The summed E-state index contributed by atoms with van der Waals surface area (Å²) in [7, 11) is 0. The molecule has 0 saturated heterocycles. The number of nitriles is 2. The number of ether oxygens (including phenoxy) is 2. The third kappa shape index (κ3) is 12.2. The van der Waals surface area contributed by atoms with Gasteiger partial charge >= 0.3 is 0 Å². The Labute approximate surface area is 255 Å². The lowest BCUT2D eigenvalue weighted by molar-refractivity contribution is 0.103. The van der Waals surface area contributed by atoms with Gasteiger partial charge in [0.2, 0.25) is 0 Å². The second-order valence-corrected chi connectivity index (χ2v) is 12.9. The van der Waals surface area contributed by atoms with Crippen molar-refractivity contribution in [1.29, 1.82) is 10.5 Å². The number of hydrogen-bond acceptors (Lipinski definition) is 10. The Morgan fingerprint density at radius 1 is 0.721 bits per heavy atom. The molecule has 0 bridgehead atoms. The van der Waals surface area contributed by atoms with Crippen LogP contribution in [0.3, 0.4) is 0 Å². The van der Waals surface area contributed by atoms with Gasteiger partial charge in [-0.25, -0.2) is 0 Å². The molecule has 2 rings (SSSR count). The van der Waals surface area contributed by atoms with Crippen LogP contribution in [0.1, 0.15) is 97.0 Å². The molecule has 0 fully saturated rings. The molecule has 0 aliphatic carbocycles. The number of carbonyl (C=O) groups is 1. The molecule has 0 radical (unpaired) electrons. The summed E-state index contributed by atoms with van der Waals surface area (Å²) in [6, 6.07) is 15.7. The van der Waals surface area contributed by atoms with Gasteiger partial charge in [-0.15, -0.1) is 0 Å². The number of hydrogen-bond donors (Lipinski definition) is 1. The standard InChI is InChI=1S/C33H44N6O4/c1-30(2,3)36-38-32(7,22-34)17-9-19-42-25-13-11-24(12-14-25)29(41)27-16-15-26(21-28(27)40)43-20-10-18-33(8,23-35)39-37-31(4,5)6/h11-16,21,40H,9-10,17-20H2,1-8H3. The summed E-state index contributed by atoms with van der Waals surface area (Å²) in [5.74, 6) is 0.485. The highest BCUT2D eigenvalue weighted by molar-refractivity contribution is 6.10. The molecule has 10 heteroatoms. The third-order valence-electron chi connectivity index (χ3n) is 6.11. The maximum absolute atomic E-state index is 13.0. The normalized spacial score (nSPS) is 14.9. The molecular weight excluding hydrogens is 544 g/mol. The van der Waals surface area contributed by atoms with Gasteiger partial charge < -0.3 is 14.6 Å². The summed E-state index contributed by atoms with van der Waals surface area (Å²) in [5, 5.41) is 46.4. The number of azo groups is 2. The van der Waals surface area contributed by atoms with Crippen LogP contribution < -0.4 is 9.47 Å². The molecular formula is C33H44N6O4. The van der Waals surface area contributed by atoms with Crippen molar-refractivity contribution in [3.05, 3.63) is 53.6 Å². The van der Waals surface area contributed by atoms with Crippen LogP contribution in [0.25, 0.3) is 0 Å². The predicted octanol–water partition coefficient (Wildman–Crippen LogP) is 8.01. The minimum atomic E-state index is -0.937. The molecule has 0 saturated carbocycles. The predicted molar refractivity (Wildman–Crippen MR) is 165 cm³/mol. The van der Waals surface area contributed by atoms with E-state index in [1.165, 1.54) is 12.1 Å². The summed E-state index contributed by atoms with van der Waals surface area (Å²) >= 11 is 0. The van der Waals surface area contributed by atoms with Crippen LogP contribution in [0.15, 0.2) is 62.9 Å². The summed E-state index contributed by atoms with van der Waals surface area (Å²) in [6.45, 7) is 15.7. The van der Waals surface area contributed by atoms with E-state index in [0.717, 1.165) is 0 Å². The van der Waals surface area contributed by atoms with Crippen LogP contribution in [-0.2, 0) is 0 Å². The molecule has 2 atom stereocenters. The first kappa shape index (κ1) is 34.9. The zero-order chi connectivity index (χ0) is 32.3. The largest absolute Gasteiger partial charge is 0.507 e. The monoisotopic (exact) mass is 588 g/mol. The molecule has 230 valence electrons. The first-order valence-electron chi connectivity index (χ1n) is 14.4. The molecule has 0 aromatic heterocycles. The summed E-state index contributed by atoms with van der Waals surface area (Å²) in [4.78, 5) is 13.0.